The Kier molecular flexibility index (Phi) is 3.74. The quantitative estimate of drug-likeness (QED) is 0.794. The van der Waals surface area contributed by atoms with Crippen molar-refractivity contribution in [3.8, 4) is 0 Å². The van der Waals surface area contributed by atoms with Gasteiger partial charge in [0.15, 0.2) is 0 Å². The van der Waals surface area contributed by atoms with Gasteiger partial charge in [0.2, 0.25) is 0 Å². The smallest absolute Gasteiger partial charge is 0.124 e. The van der Waals surface area contributed by atoms with Crippen LogP contribution in [0.15, 0.2) is 24.4 Å². The number of fused-ring (bicyclic) bond motifs is 1. The standard InChI is InChI=1S/C13H18FN3/c1-3-16(4-2)7-8-17-13-6-5-12(14)9-11(13)10-15-17/h5-6,9-10H,3-4,7-8H2,1-2H3. The molecule has 1 heterocycles. The molecule has 1 aromatic carbocycles. The summed E-state index contributed by atoms with van der Waals surface area (Å²) in [6, 6.07) is 4.80. The van der Waals surface area contributed by atoms with Gasteiger partial charge < -0.3 is 4.90 Å². The van der Waals surface area contributed by atoms with Crippen molar-refractivity contribution < 1.29 is 4.39 Å². The maximum absolute atomic E-state index is 13.0. The van der Waals surface area contributed by atoms with Crippen LogP contribution in [-0.4, -0.2) is 34.3 Å². The second-order valence-corrected chi connectivity index (χ2v) is 4.10. The maximum atomic E-state index is 13.0. The van der Waals surface area contributed by atoms with E-state index < -0.39 is 0 Å². The van der Waals surface area contributed by atoms with Gasteiger partial charge in [-0.3, -0.25) is 4.68 Å². The Balaban J connectivity index is 2.14. The van der Waals surface area contributed by atoms with Gasteiger partial charge in [-0.25, -0.2) is 4.39 Å². The average Bonchev–Trinajstić information content (AvgIpc) is 2.73. The van der Waals surface area contributed by atoms with Crippen LogP contribution >= 0.6 is 0 Å². The minimum atomic E-state index is -0.208. The van der Waals surface area contributed by atoms with Crippen molar-refractivity contribution in [1.82, 2.24) is 14.7 Å². The zero-order chi connectivity index (χ0) is 12.3. The number of likely N-dealkylation sites (N-methyl/N-ethyl adjacent to an activating group) is 1. The summed E-state index contributed by atoms with van der Waals surface area (Å²) in [6.45, 7) is 8.22. The van der Waals surface area contributed by atoms with E-state index in [1.165, 1.54) is 12.1 Å². The highest BCUT2D eigenvalue weighted by atomic mass is 19.1. The summed E-state index contributed by atoms with van der Waals surface area (Å²) < 4.78 is 15.0. The Morgan fingerprint density at radius 3 is 2.76 bits per heavy atom. The Labute approximate surface area is 101 Å². The molecule has 0 unspecified atom stereocenters. The van der Waals surface area contributed by atoms with Crippen molar-refractivity contribution >= 4 is 10.9 Å². The molecule has 0 aliphatic carbocycles. The van der Waals surface area contributed by atoms with Crippen LogP contribution in [0.4, 0.5) is 4.39 Å². The third kappa shape index (κ3) is 2.64. The van der Waals surface area contributed by atoms with Crippen LogP contribution < -0.4 is 0 Å². The summed E-state index contributed by atoms with van der Waals surface area (Å²) in [5, 5.41) is 5.17. The fourth-order valence-corrected chi connectivity index (χ4v) is 2.01. The van der Waals surface area contributed by atoms with E-state index in [1.807, 2.05) is 4.68 Å². The predicted molar refractivity (Wildman–Crippen MR) is 67.5 cm³/mol. The Morgan fingerprint density at radius 2 is 2.06 bits per heavy atom. The first-order chi connectivity index (χ1) is 8.24. The van der Waals surface area contributed by atoms with E-state index in [1.54, 1.807) is 12.3 Å². The van der Waals surface area contributed by atoms with Gasteiger partial charge in [0.25, 0.3) is 0 Å². The average molecular weight is 235 g/mol. The van der Waals surface area contributed by atoms with Crippen LogP contribution in [-0.2, 0) is 6.54 Å². The lowest BCUT2D eigenvalue weighted by molar-refractivity contribution is 0.287. The summed E-state index contributed by atoms with van der Waals surface area (Å²) in [6.07, 6.45) is 1.72. The summed E-state index contributed by atoms with van der Waals surface area (Å²) in [7, 11) is 0. The highest BCUT2D eigenvalue weighted by molar-refractivity contribution is 5.78. The third-order valence-corrected chi connectivity index (χ3v) is 3.13. The van der Waals surface area contributed by atoms with E-state index in [0.29, 0.717) is 0 Å². The van der Waals surface area contributed by atoms with Crippen molar-refractivity contribution in [2.75, 3.05) is 19.6 Å². The summed E-state index contributed by atoms with van der Waals surface area (Å²) in [5.41, 5.74) is 0.999. The maximum Gasteiger partial charge on any atom is 0.124 e. The fourth-order valence-electron chi connectivity index (χ4n) is 2.01. The summed E-state index contributed by atoms with van der Waals surface area (Å²) >= 11 is 0. The lowest BCUT2D eigenvalue weighted by Gasteiger charge is -2.17. The molecule has 0 saturated carbocycles. The van der Waals surface area contributed by atoms with Gasteiger partial charge in [0.05, 0.1) is 18.3 Å². The van der Waals surface area contributed by atoms with Crippen molar-refractivity contribution in [3.05, 3.63) is 30.2 Å². The number of halogens is 1. The highest BCUT2D eigenvalue weighted by Crippen LogP contribution is 2.14. The molecule has 0 radical (unpaired) electrons. The third-order valence-electron chi connectivity index (χ3n) is 3.13. The number of benzene rings is 1. The van der Waals surface area contributed by atoms with E-state index in [0.717, 1.165) is 37.1 Å². The molecular formula is C13H18FN3. The number of nitrogens with zero attached hydrogens (tertiary/aromatic N) is 3. The fraction of sp³-hybridized carbons (Fsp3) is 0.462. The zero-order valence-corrected chi connectivity index (χ0v) is 10.4. The lowest BCUT2D eigenvalue weighted by Crippen LogP contribution is -2.27. The molecule has 3 nitrogen and oxygen atoms in total. The van der Waals surface area contributed by atoms with Crippen LogP contribution in [0.1, 0.15) is 13.8 Å². The first-order valence-electron chi connectivity index (χ1n) is 6.08. The topological polar surface area (TPSA) is 21.1 Å². The molecule has 0 aliphatic rings. The number of rotatable bonds is 5. The largest absolute Gasteiger partial charge is 0.302 e. The molecule has 0 fully saturated rings. The van der Waals surface area contributed by atoms with Crippen molar-refractivity contribution in [2.45, 2.75) is 20.4 Å². The van der Waals surface area contributed by atoms with Crippen molar-refractivity contribution in [2.24, 2.45) is 0 Å². The SMILES string of the molecule is CCN(CC)CCn1ncc2cc(F)ccc21. The van der Waals surface area contributed by atoms with Gasteiger partial charge >= 0.3 is 0 Å². The van der Waals surface area contributed by atoms with Crippen LogP contribution in [0, 0.1) is 5.82 Å². The van der Waals surface area contributed by atoms with Gasteiger partial charge in [0.1, 0.15) is 5.82 Å². The molecular weight excluding hydrogens is 217 g/mol. The zero-order valence-electron chi connectivity index (χ0n) is 10.4. The van der Waals surface area contributed by atoms with Crippen LogP contribution in [0.3, 0.4) is 0 Å². The molecule has 0 bridgehead atoms. The van der Waals surface area contributed by atoms with Gasteiger partial charge in [-0.05, 0) is 31.3 Å². The van der Waals surface area contributed by atoms with Gasteiger partial charge in [-0.15, -0.1) is 0 Å². The van der Waals surface area contributed by atoms with E-state index in [9.17, 15) is 4.39 Å². The van der Waals surface area contributed by atoms with Gasteiger partial charge in [-0.1, -0.05) is 13.8 Å². The van der Waals surface area contributed by atoms with Crippen LogP contribution in [0.5, 0.6) is 0 Å². The van der Waals surface area contributed by atoms with Crippen LogP contribution in [0.25, 0.3) is 10.9 Å². The van der Waals surface area contributed by atoms with Crippen molar-refractivity contribution in [1.29, 1.82) is 0 Å². The molecule has 0 saturated heterocycles. The molecule has 4 heteroatoms. The highest BCUT2D eigenvalue weighted by Gasteiger charge is 2.05. The first-order valence-corrected chi connectivity index (χ1v) is 6.08. The van der Waals surface area contributed by atoms with E-state index in [2.05, 4.69) is 23.8 Å². The van der Waals surface area contributed by atoms with Gasteiger partial charge in [0, 0.05) is 11.9 Å². The number of hydrogen-bond donors (Lipinski definition) is 0. The molecule has 0 aliphatic heterocycles. The van der Waals surface area contributed by atoms with E-state index >= 15 is 0 Å². The number of hydrogen-bond acceptors (Lipinski definition) is 2. The first kappa shape index (κ1) is 12.0. The van der Waals surface area contributed by atoms with Crippen LogP contribution in [0.2, 0.25) is 0 Å². The van der Waals surface area contributed by atoms with Gasteiger partial charge in [-0.2, -0.15) is 5.10 Å². The normalized spacial score (nSPS) is 11.5. The minimum Gasteiger partial charge on any atom is -0.302 e. The Hall–Kier alpha value is -1.42. The molecule has 1 aromatic heterocycles. The predicted octanol–water partition coefficient (Wildman–Crippen LogP) is 2.52. The molecule has 2 aromatic rings. The molecule has 2 rings (SSSR count). The molecule has 0 N–H and O–H groups in total. The Morgan fingerprint density at radius 1 is 1.29 bits per heavy atom. The lowest BCUT2D eigenvalue weighted by atomic mass is 10.2. The number of aromatic nitrogens is 2. The Bertz CT molecular complexity index is 488. The minimum absolute atomic E-state index is 0.208. The molecule has 0 spiro atoms. The molecule has 0 atom stereocenters. The second-order valence-electron chi connectivity index (χ2n) is 4.10. The molecule has 0 amide bonds. The second kappa shape index (κ2) is 5.27. The monoisotopic (exact) mass is 235 g/mol. The van der Waals surface area contributed by atoms with Crippen molar-refractivity contribution in [3.63, 3.8) is 0 Å². The molecule has 17 heavy (non-hydrogen) atoms. The van der Waals surface area contributed by atoms with E-state index in [-0.39, 0.29) is 5.82 Å². The van der Waals surface area contributed by atoms with E-state index in [4.69, 9.17) is 0 Å². The summed E-state index contributed by atoms with van der Waals surface area (Å²) in [5.74, 6) is -0.208. The summed E-state index contributed by atoms with van der Waals surface area (Å²) in [4.78, 5) is 2.34. The molecule has 92 valence electrons.